The summed E-state index contributed by atoms with van der Waals surface area (Å²) in [4.78, 5) is 15.6. The molecule has 2 aromatic rings. The predicted molar refractivity (Wildman–Crippen MR) is 92.5 cm³/mol. The van der Waals surface area contributed by atoms with Crippen LogP contribution >= 0.6 is 11.5 Å². The van der Waals surface area contributed by atoms with Crippen molar-refractivity contribution in [3.63, 3.8) is 0 Å². The third-order valence-corrected chi connectivity index (χ3v) is 5.20. The first-order valence-corrected chi connectivity index (χ1v) is 8.51. The molecule has 0 radical (unpaired) electrons. The first-order valence-electron chi connectivity index (χ1n) is 7.74. The van der Waals surface area contributed by atoms with E-state index in [0.29, 0.717) is 11.1 Å². The second-order valence-corrected chi connectivity index (χ2v) is 6.58. The molecule has 1 saturated heterocycles. The van der Waals surface area contributed by atoms with Crippen molar-refractivity contribution in [2.24, 2.45) is 0 Å². The van der Waals surface area contributed by atoms with Crippen molar-refractivity contribution in [2.75, 3.05) is 31.1 Å². The summed E-state index contributed by atoms with van der Waals surface area (Å²) in [6.07, 6.45) is 0. The number of carboxylic acid groups (broad SMARTS) is 1. The minimum Gasteiger partial charge on any atom is -0.478 e. The molecule has 0 spiro atoms. The van der Waals surface area contributed by atoms with Crippen molar-refractivity contribution < 1.29 is 9.90 Å². The monoisotopic (exact) mass is 342 g/mol. The lowest BCUT2D eigenvalue weighted by Crippen LogP contribution is -2.45. The van der Waals surface area contributed by atoms with Gasteiger partial charge in [0.1, 0.15) is 16.6 Å². The van der Waals surface area contributed by atoms with E-state index < -0.39 is 5.97 Å². The van der Waals surface area contributed by atoms with E-state index in [1.165, 1.54) is 11.5 Å². The lowest BCUT2D eigenvalue weighted by atomic mass is 10.1. The molecule has 124 valence electrons. The van der Waals surface area contributed by atoms with E-state index in [9.17, 15) is 10.1 Å². The number of nitriles is 1. The molecule has 1 aliphatic rings. The van der Waals surface area contributed by atoms with Crippen LogP contribution in [0.2, 0.25) is 0 Å². The van der Waals surface area contributed by atoms with E-state index in [2.05, 4.69) is 20.2 Å². The van der Waals surface area contributed by atoms with E-state index in [4.69, 9.17) is 5.11 Å². The molecule has 6 nitrogen and oxygen atoms in total. The van der Waals surface area contributed by atoms with Crippen LogP contribution in [0.25, 0.3) is 0 Å². The standard InChI is InChI=1S/C17H18N4O2S/c1-12-15(10-18)16(24-19-12)21-7-5-20(6-8-21)11-13-3-2-4-14(9-13)17(22)23/h2-4,9H,5-8,11H2,1H3,(H,22,23). The summed E-state index contributed by atoms with van der Waals surface area (Å²) in [5, 5.41) is 19.3. The summed E-state index contributed by atoms with van der Waals surface area (Å²) < 4.78 is 4.28. The number of carbonyl (C=O) groups is 1. The molecular weight excluding hydrogens is 324 g/mol. The first kappa shape index (κ1) is 16.4. The summed E-state index contributed by atoms with van der Waals surface area (Å²) in [7, 11) is 0. The fourth-order valence-corrected chi connectivity index (χ4v) is 3.77. The second-order valence-electron chi connectivity index (χ2n) is 5.83. The van der Waals surface area contributed by atoms with Crippen molar-refractivity contribution in [1.29, 1.82) is 5.26 Å². The average molecular weight is 342 g/mol. The Hall–Kier alpha value is -2.43. The van der Waals surface area contributed by atoms with Gasteiger partial charge in [0.15, 0.2) is 0 Å². The molecule has 0 saturated carbocycles. The highest BCUT2D eigenvalue weighted by Gasteiger charge is 2.22. The number of aryl methyl sites for hydroxylation is 1. The normalized spacial score (nSPS) is 15.2. The zero-order valence-electron chi connectivity index (χ0n) is 13.4. The minimum atomic E-state index is -0.897. The molecule has 0 unspecified atom stereocenters. The van der Waals surface area contributed by atoms with Crippen molar-refractivity contribution in [1.82, 2.24) is 9.27 Å². The zero-order valence-corrected chi connectivity index (χ0v) is 14.2. The maximum absolute atomic E-state index is 11.1. The molecule has 1 N–H and O–H groups in total. The lowest BCUT2D eigenvalue weighted by molar-refractivity contribution is 0.0696. The second kappa shape index (κ2) is 6.99. The third kappa shape index (κ3) is 3.40. The van der Waals surface area contributed by atoms with Gasteiger partial charge in [-0.15, -0.1) is 0 Å². The van der Waals surface area contributed by atoms with E-state index in [0.717, 1.165) is 49.0 Å². The highest BCUT2D eigenvalue weighted by Crippen LogP contribution is 2.28. The molecule has 3 rings (SSSR count). The van der Waals surface area contributed by atoms with Crippen LogP contribution in [0.5, 0.6) is 0 Å². The number of nitrogens with zero attached hydrogens (tertiary/aromatic N) is 4. The molecule has 7 heteroatoms. The molecule has 0 amide bonds. The highest BCUT2D eigenvalue weighted by molar-refractivity contribution is 7.10. The van der Waals surface area contributed by atoms with Gasteiger partial charge in [0.25, 0.3) is 0 Å². The average Bonchev–Trinajstić information content (AvgIpc) is 2.96. The van der Waals surface area contributed by atoms with Crippen molar-refractivity contribution in [3.05, 3.63) is 46.6 Å². The smallest absolute Gasteiger partial charge is 0.335 e. The van der Waals surface area contributed by atoms with Crippen LogP contribution in [0.15, 0.2) is 24.3 Å². The number of carboxylic acids is 1. The summed E-state index contributed by atoms with van der Waals surface area (Å²) in [6, 6.07) is 9.33. The molecule has 0 bridgehead atoms. The van der Waals surface area contributed by atoms with Crippen LogP contribution in [0, 0.1) is 18.3 Å². The number of anilines is 1. The van der Waals surface area contributed by atoms with Gasteiger partial charge < -0.3 is 10.0 Å². The molecule has 1 aromatic carbocycles. The van der Waals surface area contributed by atoms with Gasteiger partial charge in [0.05, 0.1) is 11.3 Å². The Bertz CT molecular complexity index is 788. The summed E-state index contributed by atoms with van der Waals surface area (Å²) in [5.41, 5.74) is 2.81. The van der Waals surface area contributed by atoms with Crippen LogP contribution < -0.4 is 4.90 Å². The van der Waals surface area contributed by atoms with E-state index in [1.54, 1.807) is 18.2 Å². The van der Waals surface area contributed by atoms with Gasteiger partial charge in [-0.1, -0.05) is 12.1 Å². The predicted octanol–water partition coefficient (Wildman–Crippen LogP) is 2.34. The zero-order chi connectivity index (χ0) is 17.1. The van der Waals surface area contributed by atoms with Gasteiger partial charge in [0, 0.05) is 32.7 Å². The van der Waals surface area contributed by atoms with Crippen molar-refractivity contribution in [2.45, 2.75) is 13.5 Å². The number of benzene rings is 1. The number of aromatic nitrogens is 1. The Morgan fingerprint density at radius 1 is 1.38 bits per heavy atom. The quantitative estimate of drug-likeness (QED) is 0.919. The largest absolute Gasteiger partial charge is 0.478 e. The number of hydrogen-bond acceptors (Lipinski definition) is 6. The molecule has 0 aliphatic carbocycles. The van der Waals surface area contributed by atoms with E-state index in [-0.39, 0.29) is 0 Å². The van der Waals surface area contributed by atoms with Gasteiger partial charge in [0.2, 0.25) is 0 Å². The SMILES string of the molecule is Cc1nsc(N2CCN(Cc3cccc(C(=O)O)c3)CC2)c1C#N. The lowest BCUT2D eigenvalue weighted by Gasteiger charge is -2.35. The fraction of sp³-hybridized carbons (Fsp3) is 0.353. The number of piperazine rings is 1. The van der Waals surface area contributed by atoms with E-state index in [1.807, 2.05) is 13.0 Å². The Labute approximate surface area is 144 Å². The Kier molecular flexibility index (Phi) is 4.79. The fourth-order valence-electron chi connectivity index (χ4n) is 2.87. The van der Waals surface area contributed by atoms with Gasteiger partial charge >= 0.3 is 5.97 Å². The van der Waals surface area contributed by atoms with Gasteiger partial charge in [-0.2, -0.15) is 9.64 Å². The molecule has 2 heterocycles. The van der Waals surface area contributed by atoms with Crippen LogP contribution in [0.3, 0.4) is 0 Å². The molecule has 24 heavy (non-hydrogen) atoms. The van der Waals surface area contributed by atoms with Gasteiger partial charge in [-0.3, -0.25) is 4.90 Å². The number of hydrogen-bond donors (Lipinski definition) is 1. The topological polar surface area (TPSA) is 80.5 Å². The molecule has 1 fully saturated rings. The third-order valence-electron chi connectivity index (χ3n) is 4.20. The van der Waals surface area contributed by atoms with Gasteiger partial charge in [-0.25, -0.2) is 4.79 Å². The minimum absolute atomic E-state index is 0.324. The maximum atomic E-state index is 11.1. The molecule has 1 aliphatic heterocycles. The number of aromatic carboxylic acids is 1. The van der Waals surface area contributed by atoms with Crippen LogP contribution in [0.1, 0.15) is 27.2 Å². The molecule has 0 atom stereocenters. The Morgan fingerprint density at radius 3 is 2.79 bits per heavy atom. The Balaban J connectivity index is 1.62. The van der Waals surface area contributed by atoms with Gasteiger partial charge in [-0.05, 0) is 36.2 Å². The first-order chi connectivity index (χ1) is 11.6. The van der Waals surface area contributed by atoms with Crippen molar-refractivity contribution in [3.8, 4) is 6.07 Å². The van der Waals surface area contributed by atoms with Crippen LogP contribution in [-0.2, 0) is 6.54 Å². The van der Waals surface area contributed by atoms with Crippen LogP contribution in [-0.4, -0.2) is 46.5 Å². The van der Waals surface area contributed by atoms with E-state index >= 15 is 0 Å². The van der Waals surface area contributed by atoms with Crippen LogP contribution in [0.4, 0.5) is 5.00 Å². The highest BCUT2D eigenvalue weighted by atomic mass is 32.1. The summed E-state index contributed by atoms with van der Waals surface area (Å²) in [5.74, 6) is -0.897. The molecular formula is C17H18N4O2S. The maximum Gasteiger partial charge on any atom is 0.335 e. The Morgan fingerprint density at radius 2 is 2.12 bits per heavy atom. The summed E-state index contributed by atoms with van der Waals surface area (Å²) >= 11 is 1.39. The van der Waals surface area contributed by atoms with Crippen molar-refractivity contribution >= 4 is 22.5 Å². The number of rotatable bonds is 4. The summed E-state index contributed by atoms with van der Waals surface area (Å²) in [6.45, 7) is 6.04. The molecule has 1 aromatic heterocycles.